The number of hydrogen-bond donors (Lipinski definition) is 4. The summed E-state index contributed by atoms with van der Waals surface area (Å²) in [5, 5.41) is 22.4. The molecule has 38 heavy (non-hydrogen) atoms. The third-order valence-corrected chi connectivity index (χ3v) is 7.13. The van der Waals surface area contributed by atoms with Crippen molar-refractivity contribution in [3.8, 4) is 16.9 Å². The Kier molecular flexibility index (Phi) is 10.8. The number of nitrogens with one attached hydrogen (secondary N) is 2. The van der Waals surface area contributed by atoms with Gasteiger partial charge >= 0.3 is 0 Å². The Hall–Kier alpha value is -3.24. The van der Waals surface area contributed by atoms with Crippen molar-refractivity contribution in [2.45, 2.75) is 38.9 Å². The maximum atomic E-state index is 12.7. The van der Waals surface area contributed by atoms with E-state index in [9.17, 15) is 18.3 Å². The first-order chi connectivity index (χ1) is 18.2. The van der Waals surface area contributed by atoms with Crippen molar-refractivity contribution in [2.75, 3.05) is 25.4 Å². The van der Waals surface area contributed by atoms with Crippen LogP contribution in [0.5, 0.6) is 5.75 Å². The van der Waals surface area contributed by atoms with Crippen LogP contribution in [-0.4, -0.2) is 56.1 Å². The highest BCUT2D eigenvalue weighted by atomic mass is 32.2. The van der Waals surface area contributed by atoms with Crippen molar-refractivity contribution in [3.63, 3.8) is 0 Å². The Bertz CT molecular complexity index is 1280. The fourth-order valence-corrected chi connectivity index (χ4v) is 4.87. The third kappa shape index (κ3) is 8.95. The minimum absolute atomic E-state index is 0.0403. The zero-order valence-electron chi connectivity index (χ0n) is 21.8. The number of aliphatic hydroxyl groups is 2. The van der Waals surface area contributed by atoms with Gasteiger partial charge in [0.25, 0.3) is 5.91 Å². The summed E-state index contributed by atoms with van der Waals surface area (Å²) in [6.45, 7) is 4.57. The van der Waals surface area contributed by atoms with Crippen LogP contribution in [0.2, 0.25) is 0 Å². The number of amides is 1. The van der Waals surface area contributed by atoms with Gasteiger partial charge in [0.1, 0.15) is 5.75 Å². The van der Waals surface area contributed by atoms with Crippen LogP contribution in [0.15, 0.2) is 72.8 Å². The van der Waals surface area contributed by atoms with E-state index in [-0.39, 0.29) is 36.2 Å². The summed E-state index contributed by atoms with van der Waals surface area (Å²) >= 11 is 0. The van der Waals surface area contributed by atoms with E-state index in [0.29, 0.717) is 6.54 Å². The molecule has 1 amide bonds. The van der Waals surface area contributed by atoms with Crippen LogP contribution in [0.4, 0.5) is 0 Å². The summed E-state index contributed by atoms with van der Waals surface area (Å²) < 4.78 is 32.1. The predicted octanol–water partition coefficient (Wildman–Crippen LogP) is 3.45. The molecule has 204 valence electrons. The van der Waals surface area contributed by atoms with Gasteiger partial charge < -0.3 is 20.3 Å². The maximum absolute atomic E-state index is 12.7. The number of rotatable bonds is 14. The van der Waals surface area contributed by atoms with Gasteiger partial charge in [0, 0.05) is 13.2 Å². The van der Waals surface area contributed by atoms with E-state index in [1.165, 1.54) is 0 Å². The molecule has 3 rings (SSSR count). The van der Waals surface area contributed by atoms with Crippen LogP contribution >= 0.6 is 0 Å². The Morgan fingerprint density at radius 3 is 2.32 bits per heavy atom. The van der Waals surface area contributed by atoms with Gasteiger partial charge in [-0.15, -0.1) is 0 Å². The molecule has 0 saturated carbocycles. The summed E-state index contributed by atoms with van der Waals surface area (Å²) in [5.74, 6) is -0.827. The van der Waals surface area contributed by atoms with Crippen molar-refractivity contribution in [1.82, 2.24) is 10.0 Å². The zero-order valence-corrected chi connectivity index (χ0v) is 22.6. The minimum Gasteiger partial charge on any atom is -0.490 e. The SMILES string of the molecule is CC(C)Oc1cc(-c2ccc(CCNC[C@@H](O)c3ccccc3)cc2)ccc1C(=O)NS(=O)(=O)CCCO. The van der Waals surface area contributed by atoms with E-state index < -0.39 is 22.0 Å². The highest BCUT2D eigenvalue weighted by Gasteiger charge is 2.20. The molecule has 3 aromatic rings. The molecule has 0 spiro atoms. The molecule has 3 aromatic carbocycles. The highest BCUT2D eigenvalue weighted by Crippen LogP contribution is 2.29. The van der Waals surface area contributed by atoms with E-state index >= 15 is 0 Å². The molecule has 0 aliphatic carbocycles. The van der Waals surface area contributed by atoms with E-state index in [4.69, 9.17) is 9.84 Å². The van der Waals surface area contributed by atoms with Crippen LogP contribution in [0, 0.1) is 0 Å². The van der Waals surface area contributed by atoms with Crippen molar-refractivity contribution in [1.29, 1.82) is 0 Å². The minimum atomic E-state index is -3.87. The average molecular weight is 541 g/mol. The average Bonchev–Trinajstić information content (AvgIpc) is 2.90. The van der Waals surface area contributed by atoms with Gasteiger partial charge in [-0.05, 0) is 67.6 Å². The van der Waals surface area contributed by atoms with Crippen LogP contribution < -0.4 is 14.8 Å². The summed E-state index contributed by atoms with van der Waals surface area (Å²) in [6, 6.07) is 22.6. The molecule has 0 aliphatic heterocycles. The number of sulfonamides is 1. The Balaban J connectivity index is 1.64. The number of carbonyl (C=O) groups is 1. The quantitative estimate of drug-likeness (QED) is 0.231. The second kappa shape index (κ2) is 14.1. The van der Waals surface area contributed by atoms with Gasteiger partial charge in [-0.1, -0.05) is 60.7 Å². The van der Waals surface area contributed by atoms with Gasteiger partial charge in [-0.25, -0.2) is 13.1 Å². The van der Waals surface area contributed by atoms with Crippen LogP contribution in [0.25, 0.3) is 11.1 Å². The molecule has 8 nitrogen and oxygen atoms in total. The Labute approximate surface area is 224 Å². The lowest BCUT2D eigenvalue weighted by atomic mass is 10.0. The lowest BCUT2D eigenvalue weighted by Gasteiger charge is -2.16. The Morgan fingerprint density at radius 2 is 1.66 bits per heavy atom. The molecule has 9 heteroatoms. The molecule has 0 aliphatic rings. The molecular formula is C29H36N2O6S. The topological polar surface area (TPSA) is 125 Å². The van der Waals surface area contributed by atoms with Gasteiger partial charge in [-0.3, -0.25) is 4.79 Å². The number of benzene rings is 3. The van der Waals surface area contributed by atoms with Crippen molar-refractivity contribution < 1.29 is 28.2 Å². The molecule has 0 bridgehead atoms. The number of carbonyl (C=O) groups excluding carboxylic acids is 1. The lowest BCUT2D eigenvalue weighted by Crippen LogP contribution is -2.33. The first kappa shape index (κ1) is 29.3. The van der Waals surface area contributed by atoms with E-state index in [1.54, 1.807) is 18.2 Å². The Morgan fingerprint density at radius 1 is 0.974 bits per heavy atom. The summed E-state index contributed by atoms with van der Waals surface area (Å²) in [4.78, 5) is 12.7. The van der Waals surface area contributed by atoms with Crippen LogP contribution in [0.1, 0.15) is 47.9 Å². The number of ether oxygens (including phenoxy) is 1. The fourth-order valence-electron chi connectivity index (χ4n) is 3.87. The monoisotopic (exact) mass is 540 g/mol. The van der Waals surface area contributed by atoms with Gasteiger partial charge in [0.05, 0.1) is 23.5 Å². The van der Waals surface area contributed by atoms with Crippen molar-refractivity contribution in [3.05, 3.63) is 89.5 Å². The van der Waals surface area contributed by atoms with E-state index in [0.717, 1.165) is 35.2 Å². The first-order valence-electron chi connectivity index (χ1n) is 12.7. The molecular weight excluding hydrogens is 504 g/mol. The van der Waals surface area contributed by atoms with Crippen LogP contribution in [-0.2, 0) is 16.4 Å². The predicted molar refractivity (Wildman–Crippen MR) is 149 cm³/mol. The summed E-state index contributed by atoms with van der Waals surface area (Å²) in [7, 11) is -3.87. The summed E-state index contributed by atoms with van der Waals surface area (Å²) in [5.41, 5.74) is 3.90. The smallest absolute Gasteiger partial charge is 0.268 e. The standard InChI is InChI=1S/C29H36N2O6S/c1-21(2)37-28-19-25(13-14-26(28)29(34)31-38(35,36)18-6-17-32)23-11-9-22(10-12-23)15-16-30-20-27(33)24-7-4-3-5-8-24/h3-5,7-14,19,21,27,30,32-33H,6,15-18,20H2,1-2H3,(H,31,34)/t27-/m1/s1. The fraction of sp³-hybridized carbons (Fsp3) is 0.345. The van der Waals surface area contributed by atoms with Gasteiger partial charge in [-0.2, -0.15) is 0 Å². The van der Waals surface area contributed by atoms with Crippen LogP contribution in [0.3, 0.4) is 0 Å². The first-order valence-corrected chi connectivity index (χ1v) is 14.3. The normalized spacial score (nSPS) is 12.3. The maximum Gasteiger partial charge on any atom is 0.268 e. The second-order valence-corrected chi connectivity index (χ2v) is 11.1. The van der Waals surface area contributed by atoms with E-state index in [1.807, 2.05) is 73.2 Å². The molecule has 0 saturated heterocycles. The second-order valence-electron chi connectivity index (χ2n) is 9.28. The molecule has 0 heterocycles. The van der Waals surface area contributed by atoms with Gasteiger partial charge in [0.15, 0.2) is 0 Å². The highest BCUT2D eigenvalue weighted by molar-refractivity contribution is 7.90. The molecule has 0 fully saturated rings. The van der Waals surface area contributed by atoms with E-state index in [2.05, 4.69) is 5.32 Å². The molecule has 0 aromatic heterocycles. The molecule has 0 radical (unpaired) electrons. The molecule has 1 atom stereocenters. The van der Waals surface area contributed by atoms with Crippen molar-refractivity contribution >= 4 is 15.9 Å². The lowest BCUT2D eigenvalue weighted by molar-refractivity contribution is 0.0975. The van der Waals surface area contributed by atoms with Gasteiger partial charge in [0.2, 0.25) is 10.0 Å². The molecule has 4 N–H and O–H groups in total. The third-order valence-electron chi connectivity index (χ3n) is 5.81. The molecule has 0 unspecified atom stereocenters. The number of hydrogen-bond acceptors (Lipinski definition) is 7. The van der Waals surface area contributed by atoms with Crippen molar-refractivity contribution in [2.24, 2.45) is 0 Å². The zero-order chi connectivity index (χ0) is 27.5. The summed E-state index contributed by atoms with van der Waals surface area (Å²) in [6.07, 6.45) is 0.0657. The number of aliphatic hydroxyl groups excluding tert-OH is 2. The largest absolute Gasteiger partial charge is 0.490 e.